The summed E-state index contributed by atoms with van der Waals surface area (Å²) in [5.41, 5.74) is 1.34. The van der Waals surface area contributed by atoms with Crippen LogP contribution in [-0.2, 0) is 29.9 Å². The quantitative estimate of drug-likeness (QED) is 0.600. The number of anilines is 2. The molecule has 2 aliphatic heterocycles. The SMILES string of the molecule is COc1ccccc1N1C(=O)C2(OCCCO2)c2cc(S(=O)(=O)c3cccnc3)ccc21. The second-order valence-electron chi connectivity index (χ2n) is 7.35. The first-order valence-electron chi connectivity index (χ1n) is 10.0. The third-order valence-electron chi connectivity index (χ3n) is 5.53. The molecule has 0 saturated carbocycles. The molecule has 0 N–H and O–H groups in total. The minimum Gasteiger partial charge on any atom is -0.495 e. The lowest BCUT2D eigenvalue weighted by molar-refractivity contribution is -0.256. The van der Waals surface area contributed by atoms with E-state index in [0.29, 0.717) is 42.3 Å². The number of carbonyl (C=O) groups excluding carboxylic acids is 1. The van der Waals surface area contributed by atoms with Gasteiger partial charge in [-0.1, -0.05) is 12.1 Å². The van der Waals surface area contributed by atoms with Crippen molar-refractivity contribution in [3.63, 3.8) is 0 Å². The summed E-state index contributed by atoms with van der Waals surface area (Å²) < 4.78 is 43.7. The molecule has 8 nitrogen and oxygen atoms in total. The fourth-order valence-electron chi connectivity index (χ4n) is 4.02. The highest BCUT2D eigenvalue weighted by atomic mass is 32.2. The Morgan fingerprint density at radius 2 is 1.78 bits per heavy atom. The first kappa shape index (κ1) is 20.6. The lowest BCUT2D eigenvalue weighted by Crippen LogP contribution is -2.46. The van der Waals surface area contributed by atoms with Crippen LogP contribution >= 0.6 is 0 Å². The molecule has 1 spiro atoms. The van der Waals surface area contributed by atoms with Crippen LogP contribution in [0.1, 0.15) is 12.0 Å². The van der Waals surface area contributed by atoms with Gasteiger partial charge in [0.1, 0.15) is 5.75 Å². The van der Waals surface area contributed by atoms with Gasteiger partial charge in [-0.25, -0.2) is 8.42 Å². The number of ether oxygens (including phenoxy) is 3. The Bertz CT molecular complexity index is 1290. The third kappa shape index (κ3) is 3.01. The number of sulfone groups is 1. The van der Waals surface area contributed by atoms with Crippen molar-refractivity contribution in [2.75, 3.05) is 25.2 Å². The molecule has 2 aromatic carbocycles. The maximum atomic E-state index is 13.7. The number of para-hydroxylation sites is 2. The van der Waals surface area contributed by atoms with Gasteiger partial charge >= 0.3 is 0 Å². The van der Waals surface area contributed by atoms with Crippen LogP contribution < -0.4 is 9.64 Å². The van der Waals surface area contributed by atoms with E-state index < -0.39 is 21.5 Å². The minimum atomic E-state index is -3.86. The van der Waals surface area contributed by atoms with Crippen LogP contribution in [0.5, 0.6) is 5.75 Å². The van der Waals surface area contributed by atoms with Crippen molar-refractivity contribution >= 4 is 27.1 Å². The average Bonchev–Trinajstić information content (AvgIpc) is 3.07. The predicted octanol–water partition coefficient (Wildman–Crippen LogP) is 3.19. The number of amides is 1. The summed E-state index contributed by atoms with van der Waals surface area (Å²) in [4.78, 5) is 19.2. The summed E-state index contributed by atoms with van der Waals surface area (Å²) in [6.07, 6.45) is 3.43. The molecule has 9 heteroatoms. The van der Waals surface area contributed by atoms with Crippen LogP contribution in [-0.4, -0.2) is 39.6 Å². The van der Waals surface area contributed by atoms with E-state index in [1.54, 1.807) is 36.4 Å². The van der Waals surface area contributed by atoms with Crippen molar-refractivity contribution in [1.82, 2.24) is 4.98 Å². The van der Waals surface area contributed by atoms with Crippen molar-refractivity contribution in [1.29, 1.82) is 0 Å². The van der Waals surface area contributed by atoms with Gasteiger partial charge in [-0.2, -0.15) is 0 Å². The second kappa shape index (κ2) is 7.70. The zero-order chi connectivity index (χ0) is 22.3. The van der Waals surface area contributed by atoms with Crippen LogP contribution in [0.4, 0.5) is 11.4 Å². The molecule has 1 fully saturated rings. The van der Waals surface area contributed by atoms with Gasteiger partial charge in [0.05, 0.1) is 41.5 Å². The summed E-state index contributed by atoms with van der Waals surface area (Å²) in [7, 11) is -2.34. The van der Waals surface area contributed by atoms with Gasteiger partial charge in [0.2, 0.25) is 9.84 Å². The van der Waals surface area contributed by atoms with Crippen molar-refractivity contribution in [2.24, 2.45) is 0 Å². The van der Waals surface area contributed by atoms with E-state index in [2.05, 4.69) is 4.98 Å². The molecule has 3 heterocycles. The zero-order valence-electron chi connectivity index (χ0n) is 17.2. The highest BCUT2D eigenvalue weighted by molar-refractivity contribution is 7.91. The van der Waals surface area contributed by atoms with Gasteiger partial charge < -0.3 is 14.2 Å². The molecule has 1 aromatic heterocycles. The molecule has 5 rings (SSSR count). The number of benzene rings is 2. The fourth-order valence-corrected chi connectivity index (χ4v) is 5.27. The third-order valence-corrected chi connectivity index (χ3v) is 7.27. The maximum Gasteiger partial charge on any atom is 0.297 e. The van der Waals surface area contributed by atoms with E-state index in [0.717, 1.165) is 0 Å². The first-order chi connectivity index (χ1) is 15.5. The summed E-state index contributed by atoms with van der Waals surface area (Å²) in [5.74, 6) is -1.67. The molecule has 3 aromatic rings. The predicted molar refractivity (Wildman–Crippen MR) is 114 cm³/mol. The Balaban J connectivity index is 1.71. The molecule has 32 heavy (non-hydrogen) atoms. The van der Waals surface area contributed by atoms with Gasteiger partial charge in [0.25, 0.3) is 11.7 Å². The molecule has 0 radical (unpaired) electrons. The summed E-state index contributed by atoms with van der Waals surface area (Å²) in [6.45, 7) is 0.620. The van der Waals surface area contributed by atoms with Gasteiger partial charge in [-0.15, -0.1) is 0 Å². The highest BCUT2D eigenvalue weighted by Crippen LogP contribution is 2.50. The Morgan fingerprint density at radius 3 is 2.50 bits per heavy atom. The first-order valence-corrected chi connectivity index (χ1v) is 11.5. The number of rotatable bonds is 4. The number of hydrogen-bond donors (Lipinski definition) is 0. The lowest BCUT2D eigenvalue weighted by Gasteiger charge is -2.32. The molecule has 0 unspecified atom stereocenters. The van der Waals surface area contributed by atoms with E-state index in [-0.39, 0.29) is 9.79 Å². The number of pyridine rings is 1. The Kier molecular flexibility index (Phi) is 4.96. The molecule has 0 aliphatic carbocycles. The molecule has 2 aliphatic rings. The molecule has 164 valence electrons. The number of carbonyl (C=O) groups is 1. The molecule has 0 atom stereocenters. The second-order valence-corrected chi connectivity index (χ2v) is 9.30. The topological polar surface area (TPSA) is 95.0 Å². The van der Waals surface area contributed by atoms with Crippen molar-refractivity contribution < 1.29 is 27.4 Å². The number of methoxy groups -OCH3 is 1. The number of nitrogens with zero attached hydrogens (tertiary/aromatic N) is 2. The van der Waals surface area contributed by atoms with E-state index >= 15 is 0 Å². The van der Waals surface area contributed by atoms with Gasteiger partial charge in [-0.05, 0) is 48.9 Å². The van der Waals surface area contributed by atoms with E-state index in [1.807, 2.05) is 0 Å². The standard InChI is InChI=1S/C23H20N2O6S/c1-29-21-8-3-2-7-20(21)25-19-10-9-16(32(27,28)17-6-4-11-24-15-17)14-18(19)23(22(25)26)30-12-5-13-31-23/h2-4,6-11,14-15H,5,12-13H2,1H3. The minimum absolute atomic E-state index is 0.0241. The average molecular weight is 452 g/mol. The van der Waals surface area contributed by atoms with E-state index in [4.69, 9.17) is 14.2 Å². The summed E-state index contributed by atoms with van der Waals surface area (Å²) >= 11 is 0. The summed E-state index contributed by atoms with van der Waals surface area (Å²) in [6, 6.07) is 14.7. The fraction of sp³-hybridized carbons (Fsp3) is 0.217. The van der Waals surface area contributed by atoms with E-state index in [9.17, 15) is 13.2 Å². The van der Waals surface area contributed by atoms with Gasteiger partial charge in [0.15, 0.2) is 0 Å². The normalized spacial score (nSPS) is 17.4. The smallest absolute Gasteiger partial charge is 0.297 e. The summed E-state index contributed by atoms with van der Waals surface area (Å²) in [5, 5.41) is 0. The van der Waals surface area contributed by atoms with Crippen LogP contribution in [0, 0.1) is 0 Å². The molecular weight excluding hydrogens is 432 g/mol. The monoisotopic (exact) mass is 452 g/mol. The van der Waals surface area contributed by atoms with E-state index in [1.165, 1.54) is 42.6 Å². The Labute approximate surface area is 185 Å². The molecule has 1 amide bonds. The van der Waals surface area contributed by atoms with Gasteiger partial charge in [-0.3, -0.25) is 14.7 Å². The van der Waals surface area contributed by atoms with Crippen LogP contribution in [0.3, 0.4) is 0 Å². The number of aromatic nitrogens is 1. The Morgan fingerprint density at radius 1 is 1.00 bits per heavy atom. The number of fused-ring (bicyclic) bond motifs is 2. The van der Waals surface area contributed by atoms with Gasteiger partial charge in [0, 0.05) is 18.0 Å². The largest absolute Gasteiger partial charge is 0.495 e. The zero-order valence-corrected chi connectivity index (χ0v) is 18.0. The number of hydrogen-bond acceptors (Lipinski definition) is 7. The molecular formula is C23H20N2O6S. The van der Waals surface area contributed by atoms with Crippen molar-refractivity contribution in [3.05, 3.63) is 72.6 Å². The van der Waals surface area contributed by atoms with Crippen LogP contribution in [0.15, 0.2) is 76.8 Å². The maximum absolute atomic E-state index is 13.7. The van der Waals surface area contributed by atoms with Crippen LogP contribution in [0.25, 0.3) is 0 Å². The van der Waals surface area contributed by atoms with Crippen molar-refractivity contribution in [3.8, 4) is 5.75 Å². The molecule has 0 bridgehead atoms. The highest BCUT2D eigenvalue weighted by Gasteiger charge is 2.56. The lowest BCUT2D eigenvalue weighted by atomic mass is 10.1. The van der Waals surface area contributed by atoms with Crippen molar-refractivity contribution in [2.45, 2.75) is 22.0 Å². The van der Waals surface area contributed by atoms with Crippen LogP contribution in [0.2, 0.25) is 0 Å². The Hall–Kier alpha value is -3.27. The molecule has 1 saturated heterocycles.